The lowest BCUT2D eigenvalue weighted by atomic mass is 10.1. The number of rotatable bonds is 7. The van der Waals surface area contributed by atoms with Crippen LogP contribution < -0.4 is 5.32 Å². The number of hydrogen-bond acceptors (Lipinski definition) is 4. The first-order valence-electron chi connectivity index (χ1n) is 8.42. The predicted molar refractivity (Wildman–Crippen MR) is 101 cm³/mol. The Morgan fingerprint density at radius 2 is 1.81 bits per heavy atom. The molecule has 0 bridgehead atoms. The number of ketones is 1. The summed E-state index contributed by atoms with van der Waals surface area (Å²) >= 11 is 5.65. The van der Waals surface area contributed by atoms with Gasteiger partial charge in [-0.25, -0.2) is 9.18 Å². The van der Waals surface area contributed by atoms with Gasteiger partial charge in [0.05, 0.1) is 5.56 Å². The van der Waals surface area contributed by atoms with Gasteiger partial charge in [0.1, 0.15) is 5.82 Å². The number of anilines is 1. The minimum Gasteiger partial charge on any atom is -0.451 e. The molecule has 7 heteroatoms. The molecule has 0 radical (unpaired) electrons. The summed E-state index contributed by atoms with van der Waals surface area (Å²) in [7, 11) is 0. The number of benzene rings is 2. The molecule has 5 nitrogen and oxygen atoms in total. The lowest BCUT2D eigenvalue weighted by molar-refractivity contribution is -0.116. The molecular formula is C20H19ClFNO4. The van der Waals surface area contributed by atoms with Crippen LogP contribution in [0.25, 0.3) is 0 Å². The number of amides is 1. The summed E-state index contributed by atoms with van der Waals surface area (Å²) in [5.41, 5.74) is 0.575. The first-order valence-corrected chi connectivity index (χ1v) is 8.79. The van der Waals surface area contributed by atoms with Gasteiger partial charge in [-0.15, -0.1) is 0 Å². The van der Waals surface area contributed by atoms with Gasteiger partial charge >= 0.3 is 5.97 Å². The Morgan fingerprint density at radius 1 is 1.15 bits per heavy atom. The first-order chi connectivity index (χ1) is 12.8. The fourth-order valence-corrected chi connectivity index (χ4v) is 2.49. The molecule has 0 saturated carbocycles. The van der Waals surface area contributed by atoms with Crippen LogP contribution in [0.4, 0.5) is 10.1 Å². The third-order valence-corrected chi connectivity index (χ3v) is 3.97. The quantitative estimate of drug-likeness (QED) is 0.551. The van der Waals surface area contributed by atoms with Crippen molar-refractivity contribution < 1.29 is 23.5 Å². The number of esters is 1. The topological polar surface area (TPSA) is 72.5 Å². The Hall–Kier alpha value is -2.73. The van der Waals surface area contributed by atoms with E-state index in [-0.39, 0.29) is 16.5 Å². The molecule has 1 atom stereocenters. The Kier molecular flexibility index (Phi) is 7.07. The van der Waals surface area contributed by atoms with Crippen LogP contribution in [0.5, 0.6) is 0 Å². The van der Waals surface area contributed by atoms with Crippen molar-refractivity contribution in [2.75, 3.05) is 5.32 Å². The second-order valence-electron chi connectivity index (χ2n) is 5.91. The predicted octanol–water partition coefficient (Wildman–Crippen LogP) is 4.65. The van der Waals surface area contributed by atoms with Gasteiger partial charge in [0.15, 0.2) is 6.10 Å². The number of nitrogens with one attached hydrogen (secondary N) is 1. The van der Waals surface area contributed by atoms with Crippen molar-refractivity contribution in [3.63, 3.8) is 0 Å². The van der Waals surface area contributed by atoms with E-state index in [9.17, 15) is 18.8 Å². The molecule has 2 aromatic rings. The molecule has 0 unspecified atom stereocenters. The van der Waals surface area contributed by atoms with E-state index in [1.54, 1.807) is 12.1 Å². The molecule has 142 valence electrons. The van der Waals surface area contributed by atoms with Gasteiger partial charge in [0.2, 0.25) is 11.7 Å². The summed E-state index contributed by atoms with van der Waals surface area (Å²) in [5, 5.41) is 2.87. The summed E-state index contributed by atoms with van der Waals surface area (Å²) < 4.78 is 18.8. The summed E-state index contributed by atoms with van der Waals surface area (Å²) in [6.45, 7) is 3.31. The Labute approximate surface area is 161 Å². The smallest absolute Gasteiger partial charge is 0.341 e. The van der Waals surface area contributed by atoms with E-state index in [2.05, 4.69) is 5.32 Å². The lowest BCUT2D eigenvalue weighted by Crippen LogP contribution is -2.25. The van der Waals surface area contributed by atoms with Crippen LogP contribution in [0.2, 0.25) is 5.02 Å². The molecule has 2 aromatic carbocycles. The van der Waals surface area contributed by atoms with E-state index in [1.807, 2.05) is 6.92 Å². The van der Waals surface area contributed by atoms with E-state index in [4.69, 9.17) is 16.3 Å². The van der Waals surface area contributed by atoms with Gasteiger partial charge in [-0.1, -0.05) is 18.5 Å². The van der Waals surface area contributed by atoms with Crippen molar-refractivity contribution in [2.24, 2.45) is 0 Å². The summed E-state index contributed by atoms with van der Waals surface area (Å²) in [4.78, 5) is 36.0. The van der Waals surface area contributed by atoms with Crippen LogP contribution in [0.15, 0.2) is 42.5 Å². The lowest BCUT2D eigenvalue weighted by Gasteiger charge is -2.13. The zero-order chi connectivity index (χ0) is 20.0. The highest BCUT2D eigenvalue weighted by atomic mass is 35.5. The summed E-state index contributed by atoms with van der Waals surface area (Å²) in [6, 6.07) is 9.79. The average Bonchev–Trinajstić information content (AvgIpc) is 2.61. The van der Waals surface area contributed by atoms with Gasteiger partial charge in [-0.2, -0.15) is 0 Å². The highest BCUT2D eigenvalue weighted by molar-refractivity contribution is 6.30. The standard InChI is InChI=1S/C20H19ClFNO4/c1-3-4-18(24)23-15-8-5-13(6-9-15)19(25)12(2)27-20(26)16-10-7-14(21)11-17(16)22/h5-12H,3-4H2,1-2H3,(H,23,24)/t12-/m0/s1. The number of Topliss-reactive ketones (excluding diaryl/α,β-unsaturated/α-hetero) is 1. The maximum absolute atomic E-state index is 13.8. The average molecular weight is 392 g/mol. The van der Waals surface area contributed by atoms with Crippen LogP contribution in [0, 0.1) is 5.82 Å². The van der Waals surface area contributed by atoms with Gasteiger partial charge in [-0.05, 0) is 55.8 Å². The van der Waals surface area contributed by atoms with Crippen LogP contribution >= 0.6 is 11.6 Å². The van der Waals surface area contributed by atoms with Crippen LogP contribution in [-0.4, -0.2) is 23.8 Å². The molecule has 1 N–H and O–H groups in total. The van der Waals surface area contributed by atoms with Crippen molar-refractivity contribution in [2.45, 2.75) is 32.8 Å². The fraction of sp³-hybridized carbons (Fsp3) is 0.250. The Balaban J connectivity index is 2.02. The SMILES string of the molecule is CCCC(=O)Nc1ccc(C(=O)[C@H](C)OC(=O)c2ccc(Cl)cc2F)cc1. The molecule has 1 amide bonds. The monoisotopic (exact) mass is 391 g/mol. The Morgan fingerprint density at radius 3 is 2.41 bits per heavy atom. The molecule has 0 aromatic heterocycles. The molecule has 0 saturated heterocycles. The maximum Gasteiger partial charge on any atom is 0.341 e. The van der Waals surface area contributed by atoms with Crippen molar-refractivity contribution in [1.29, 1.82) is 0 Å². The second-order valence-corrected chi connectivity index (χ2v) is 6.35. The number of carbonyl (C=O) groups is 3. The highest BCUT2D eigenvalue weighted by Crippen LogP contribution is 2.18. The van der Waals surface area contributed by atoms with E-state index >= 15 is 0 Å². The first kappa shape index (κ1) is 20.6. The van der Waals surface area contributed by atoms with Gasteiger partial charge < -0.3 is 10.1 Å². The van der Waals surface area contributed by atoms with E-state index < -0.39 is 23.7 Å². The normalized spacial score (nSPS) is 11.6. The zero-order valence-corrected chi connectivity index (χ0v) is 15.7. The fourth-order valence-electron chi connectivity index (χ4n) is 2.34. The van der Waals surface area contributed by atoms with E-state index in [1.165, 1.54) is 31.2 Å². The maximum atomic E-state index is 13.8. The highest BCUT2D eigenvalue weighted by Gasteiger charge is 2.22. The van der Waals surface area contributed by atoms with Gasteiger partial charge in [-0.3, -0.25) is 9.59 Å². The molecule has 2 rings (SSSR count). The number of carbonyl (C=O) groups excluding carboxylic acids is 3. The molecule has 0 heterocycles. The van der Waals surface area contributed by atoms with Crippen LogP contribution in [0.1, 0.15) is 47.4 Å². The molecule has 0 aliphatic heterocycles. The van der Waals surface area contributed by atoms with Crippen LogP contribution in [-0.2, 0) is 9.53 Å². The molecule has 0 aliphatic carbocycles. The summed E-state index contributed by atoms with van der Waals surface area (Å²) in [5.74, 6) is -2.32. The molecule has 0 aliphatic rings. The molecular weight excluding hydrogens is 373 g/mol. The van der Waals surface area contributed by atoms with Gasteiger partial charge in [0, 0.05) is 22.7 Å². The van der Waals surface area contributed by atoms with Gasteiger partial charge in [0.25, 0.3) is 0 Å². The number of ether oxygens (including phenoxy) is 1. The molecule has 0 fully saturated rings. The minimum atomic E-state index is -1.10. The summed E-state index contributed by atoms with van der Waals surface area (Å²) in [6.07, 6.45) is 0.0436. The zero-order valence-electron chi connectivity index (χ0n) is 14.9. The van der Waals surface area contributed by atoms with Crippen molar-refractivity contribution in [3.8, 4) is 0 Å². The molecule has 27 heavy (non-hydrogen) atoms. The van der Waals surface area contributed by atoms with Crippen LogP contribution in [0.3, 0.4) is 0 Å². The largest absolute Gasteiger partial charge is 0.451 e. The van der Waals surface area contributed by atoms with E-state index in [0.29, 0.717) is 17.7 Å². The third-order valence-electron chi connectivity index (χ3n) is 3.73. The van der Waals surface area contributed by atoms with Crippen molar-refractivity contribution >= 4 is 34.9 Å². The molecule has 0 spiro atoms. The Bertz CT molecular complexity index is 852. The second kappa shape index (κ2) is 9.28. The number of halogens is 2. The van der Waals surface area contributed by atoms with Crippen molar-refractivity contribution in [3.05, 3.63) is 64.4 Å². The van der Waals surface area contributed by atoms with Crippen molar-refractivity contribution in [1.82, 2.24) is 0 Å². The minimum absolute atomic E-state index is 0.108. The third kappa shape index (κ3) is 5.62. The van der Waals surface area contributed by atoms with E-state index in [0.717, 1.165) is 12.5 Å². The number of hydrogen-bond donors (Lipinski definition) is 1.